The summed E-state index contributed by atoms with van der Waals surface area (Å²) in [6, 6.07) is 0. The highest BCUT2D eigenvalue weighted by atomic mass is 16.6. The first-order chi connectivity index (χ1) is 17.5. The van der Waals surface area contributed by atoms with Crippen molar-refractivity contribution in [2.45, 2.75) is 67.2 Å². The van der Waals surface area contributed by atoms with Crippen molar-refractivity contribution >= 4 is 17.9 Å². The fourth-order valence-electron chi connectivity index (χ4n) is 1.90. The van der Waals surface area contributed by atoms with Crippen LogP contribution in [0.1, 0.15) is 67.2 Å². The van der Waals surface area contributed by atoms with E-state index >= 15 is 0 Å². The molecule has 0 N–H and O–H groups in total. The summed E-state index contributed by atoms with van der Waals surface area (Å²) in [7, 11) is 0. The van der Waals surface area contributed by atoms with Gasteiger partial charge in [0.2, 0.25) is 0 Å². The van der Waals surface area contributed by atoms with Crippen molar-refractivity contribution in [3.63, 3.8) is 0 Å². The third kappa shape index (κ3) is 33.5. The topological polar surface area (TPSA) is 107 Å². The summed E-state index contributed by atoms with van der Waals surface area (Å²) in [6.45, 7) is 25.7. The molecule has 0 fully saturated rings. The Kier molecular flexibility index (Phi) is 31.4. The van der Waals surface area contributed by atoms with E-state index in [9.17, 15) is 14.4 Å². The Labute approximate surface area is 224 Å². The van der Waals surface area contributed by atoms with E-state index in [0.29, 0.717) is 69.6 Å². The van der Waals surface area contributed by atoms with E-state index in [1.807, 2.05) is 13.8 Å². The highest BCUT2D eigenvalue weighted by Crippen LogP contribution is 1.95. The van der Waals surface area contributed by atoms with E-state index in [1.54, 1.807) is 20.8 Å². The monoisotopic (exact) mass is 530 g/mol. The van der Waals surface area contributed by atoms with Crippen LogP contribution in [0.15, 0.2) is 36.5 Å². The molecule has 0 heterocycles. The first-order valence-electron chi connectivity index (χ1n) is 12.8. The molecule has 0 rings (SSSR count). The predicted molar refractivity (Wildman–Crippen MR) is 145 cm³/mol. The highest BCUT2D eigenvalue weighted by Gasteiger charge is 2.02. The van der Waals surface area contributed by atoms with Gasteiger partial charge in [0, 0.05) is 36.5 Å². The van der Waals surface area contributed by atoms with Crippen LogP contribution in [0.25, 0.3) is 0 Å². The summed E-state index contributed by atoms with van der Waals surface area (Å²) in [5, 5.41) is 0. The smallest absolute Gasteiger partial charge is 0.333 e. The van der Waals surface area contributed by atoms with Crippen LogP contribution in [0.3, 0.4) is 0 Å². The third-order valence-electron chi connectivity index (χ3n) is 3.87. The van der Waals surface area contributed by atoms with Crippen LogP contribution in [-0.4, -0.2) is 77.4 Å². The first kappa shape index (κ1) is 39.0. The fourth-order valence-corrected chi connectivity index (χ4v) is 1.90. The number of ether oxygens (including phenoxy) is 6. The van der Waals surface area contributed by atoms with Crippen LogP contribution in [0.2, 0.25) is 0 Å². The lowest BCUT2D eigenvalue weighted by atomic mass is 10.3. The molecule has 0 aromatic rings. The lowest BCUT2D eigenvalue weighted by Gasteiger charge is -2.05. The van der Waals surface area contributed by atoms with Crippen molar-refractivity contribution in [1.82, 2.24) is 0 Å². The van der Waals surface area contributed by atoms with E-state index in [1.165, 1.54) is 12.8 Å². The minimum absolute atomic E-state index is 0.305. The number of esters is 3. The van der Waals surface area contributed by atoms with E-state index in [0.717, 1.165) is 19.4 Å². The average molecular weight is 531 g/mol. The molecule has 0 saturated heterocycles. The maximum atomic E-state index is 10.9. The van der Waals surface area contributed by atoms with Crippen molar-refractivity contribution < 1.29 is 42.8 Å². The van der Waals surface area contributed by atoms with Gasteiger partial charge in [0.15, 0.2) is 0 Å². The molecule has 0 aromatic carbocycles. The molecule has 0 amide bonds. The maximum absolute atomic E-state index is 10.9. The first-order valence-corrected chi connectivity index (χ1v) is 12.8. The van der Waals surface area contributed by atoms with Gasteiger partial charge in [-0.2, -0.15) is 0 Å². The Hall–Kier alpha value is -2.49. The lowest BCUT2D eigenvalue weighted by Crippen LogP contribution is -2.11. The molecule has 0 radical (unpaired) electrons. The van der Waals surface area contributed by atoms with Gasteiger partial charge in [-0.05, 0) is 40.5 Å². The van der Waals surface area contributed by atoms with Crippen molar-refractivity contribution in [2.75, 3.05) is 59.5 Å². The summed E-state index contributed by atoms with van der Waals surface area (Å²) in [5.41, 5.74) is 1.27. The largest absolute Gasteiger partial charge is 0.460 e. The molecule has 0 aromatic heterocycles. The van der Waals surface area contributed by atoms with Crippen LogP contribution in [-0.2, 0) is 42.8 Å². The number of unbranched alkanes of at least 4 members (excludes halogenated alkanes) is 2. The summed E-state index contributed by atoms with van der Waals surface area (Å²) < 4.78 is 29.7. The number of rotatable bonds is 19. The van der Waals surface area contributed by atoms with Crippen LogP contribution in [0.4, 0.5) is 0 Å². The second-order valence-corrected chi connectivity index (χ2v) is 7.88. The maximum Gasteiger partial charge on any atom is 0.333 e. The molecule has 0 spiro atoms. The van der Waals surface area contributed by atoms with Gasteiger partial charge in [-0.3, -0.25) is 0 Å². The Balaban J connectivity index is -0.000000473. The molecule has 0 aliphatic heterocycles. The summed E-state index contributed by atoms with van der Waals surface area (Å²) in [6.07, 6.45) is 4.43. The molecular weight excluding hydrogens is 480 g/mol. The molecule has 0 aliphatic rings. The predicted octanol–water partition coefficient (Wildman–Crippen LogP) is 4.99. The lowest BCUT2D eigenvalue weighted by molar-refractivity contribution is -0.141. The van der Waals surface area contributed by atoms with Crippen LogP contribution in [0, 0.1) is 0 Å². The second-order valence-electron chi connectivity index (χ2n) is 7.88. The average Bonchev–Trinajstić information content (AvgIpc) is 2.86. The van der Waals surface area contributed by atoms with Gasteiger partial charge in [-0.1, -0.05) is 46.4 Å². The van der Waals surface area contributed by atoms with Gasteiger partial charge in [0.05, 0.1) is 19.8 Å². The molecule has 216 valence electrons. The third-order valence-corrected chi connectivity index (χ3v) is 3.87. The highest BCUT2D eigenvalue weighted by molar-refractivity contribution is 5.87. The normalized spacial score (nSPS) is 9.57. The quantitative estimate of drug-likeness (QED) is 0.0988. The Morgan fingerprint density at radius 2 is 0.865 bits per heavy atom. The zero-order valence-electron chi connectivity index (χ0n) is 24.0. The number of carbonyl (C=O) groups excluding carboxylic acids is 3. The fraction of sp³-hybridized carbons (Fsp3) is 0.679. The molecule has 0 atom stereocenters. The summed E-state index contributed by atoms with van der Waals surface area (Å²) in [5.74, 6) is -1.05. The number of hydrogen-bond acceptors (Lipinski definition) is 9. The van der Waals surface area contributed by atoms with Gasteiger partial charge in [0.25, 0.3) is 0 Å². The molecular formula is C28H50O9. The van der Waals surface area contributed by atoms with Crippen molar-refractivity contribution in [3.8, 4) is 0 Å². The van der Waals surface area contributed by atoms with Crippen LogP contribution >= 0.6 is 0 Å². The van der Waals surface area contributed by atoms with E-state index < -0.39 is 0 Å². The van der Waals surface area contributed by atoms with Gasteiger partial charge >= 0.3 is 17.9 Å². The van der Waals surface area contributed by atoms with Crippen molar-refractivity contribution in [3.05, 3.63) is 36.5 Å². The van der Waals surface area contributed by atoms with Crippen LogP contribution < -0.4 is 0 Å². The molecule has 9 nitrogen and oxygen atoms in total. The summed E-state index contributed by atoms with van der Waals surface area (Å²) >= 11 is 0. The summed E-state index contributed by atoms with van der Waals surface area (Å²) in [4.78, 5) is 32.4. The van der Waals surface area contributed by atoms with E-state index in [4.69, 9.17) is 28.4 Å². The van der Waals surface area contributed by atoms with Gasteiger partial charge < -0.3 is 28.4 Å². The molecule has 0 unspecified atom stereocenters. The van der Waals surface area contributed by atoms with Crippen LogP contribution in [0.5, 0.6) is 0 Å². The van der Waals surface area contributed by atoms with Crippen molar-refractivity contribution in [2.24, 2.45) is 0 Å². The van der Waals surface area contributed by atoms with Gasteiger partial charge in [0.1, 0.15) is 19.8 Å². The minimum atomic E-state index is -0.357. The zero-order valence-corrected chi connectivity index (χ0v) is 24.0. The number of carbonyl (C=O) groups is 3. The second kappa shape index (κ2) is 29.7. The molecule has 0 saturated carbocycles. The molecule has 0 aliphatic carbocycles. The molecule has 0 bridgehead atoms. The standard InChI is InChI=1S/C11H20O3.C9H16O3.C8H14O3/c1-4-5-6-7-13-8-9-14-11(12)10(2)3;1-4-5-11-6-7-12-9(10)8(2)3;1-4-10-5-6-11-8(9)7(2)3/h2,4-9H2,1,3H3;2,4-7H2,1,3H3;2,4-6H2,1,3H3. The van der Waals surface area contributed by atoms with Crippen molar-refractivity contribution in [1.29, 1.82) is 0 Å². The Morgan fingerprint density at radius 1 is 0.486 bits per heavy atom. The van der Waals surface area contributed by atoms with Gasteiger partial charge in [-0.25, -0.2) is 14.4 Å². The SMILES string of the molecule is C=C(C)C(=O)OCCOCC.C=C(C)C(=O)OCCOCCC.C=C(C)C(=O)OCCOCCCCC. The Morgan fingerprint density at radius 3 is 1.19 bits per heavy atom. The zero-order chi connectivity index (χ0) is 28.9. The van der Waals surface area contributed by atoms with E-state index in [2.05, 4.69) is 26.7 Å². The Bertz CT molecular complexity index is 642. The van der Waals surface area contributed by atoms with E-state index in [-0.39, 0.29) is 17.9 Å². The minimum Gasteiger partial charge on any atom is -0.460 e. The molecule has 9 heteroatoms. The van der Waals surface area contributed by atoms with Gasteiger partial charge in [-0.15, -0.1) is 0 Å². The molecule has 37 heavy (non-hydrogen) atoms. The number of hydrogen-bond donors (Lipinski definition) is 0.